The van der Waals surface area contributed by atoms with E-state index in [9.17, 15) is 18.9 Å². The van der Waals surface area contributed by atoms with Crippen LogP contribution in [0, 0.1) is 17.0 Å². The van der Waals surface area contributed by atoms with Crippen LogP contribution in [0.5, 0.6) is 0 Å². The van der Waals surface area contributed by atoms with E-state index in [1.54, 1.807) is 0 Å². The van der Waals surface area contributed by atoms with Crippen LogP contribution in [0.15, 0.2) is 12.3 Å². The number of nitro groups is 1. The molecule has 4 nitrogen and oxygen atoms in total. The fourth-order valence-corrected chi connectivity index (χ4v) is 0.859. The molecule has 0 radical (unpaired) electrons. The van der Waals surface area contributed by atoms with Crippen molar-refractivity contribution in [1.29, 1.82) is 0 Å². The van der Waals surface area contributed by atoms with Gasteiger partial charge in [0.2, 0.25) is 0 Å². The summed E-state index contributed by atoms with van der Waals surface area (Å²) in [7, 11) is 0. The molecule has 70 valence electrons. The standard InChI is InChI=1S/C7H6F2N2O2/c1-4-6(7(8)9)2-5(3-10-4)11(12)13/h2-3,7H,1H3. The lowest BCUT2D eigenvalue weighted by atomic mass is 10.2. The van der Waals surface area contributed by atoms with Crippen LogP contribution >= 0.6 is 0 Å². The lowest BCUT2D eigenvalue weighted by Gasteiger charge is -2.01. The molecule has 1 aromatic rings. The molecule has 0 amide bonds. The third-order valence-electron chi connectivity index (χ3n) is 1.56. The van der Waals surface area contributed by atoms with E-state index in [1.165, 1.54) is 6.92 Å². The maximum absolute atomic E-state index is 12.2. The molecule has 1 aromatic heterocycles. The van der Waals surface area contributed by atoms with E-state index in [1.807, 2.05) is 0 Å². The van der Waals surface area contributed by atoms with Crippen molar-refractivity contribution in [3.05, 3.63) is 33.6 Å². The highest BCUT2D eigenvalue weighted by Crippen LogP contribution is 2.24. The second-order valence-electron chi connectivity index (χ2n) is 2.43. The number of pyridine rings is 1. The lowest BCUT2D eigenvalue weighted by molar-refractivity contribution is -0.385. The van der Waals surface area contributed by atoms with Crippen LogP contribution in [-0.2, 0) is 0 Å². The molecule has 0 spiro atoms. The van der Waals surface area contributed by atoms with Gasteiger partial charge in [0.15, 0.2) is 0 Å². The number of alkyl halides is 2. The maximum Gasteiger partial charge on any atom is 0.288 e. The Morgan fingerprint density at radius 3 is 2.69 bits per heavy atom. The molecule has 0 saturated carbocycles. The Bertz CT molecular complexity index is 341. The molecular formula is C7H6F2N2O2. The Kier molecular flexibility index (Phi) is 2.50. The second-order valence-corrected chi connectivity index (χ2v) is 2.43. The minimum atomic E-state index is -2.73. The van der Waals surface area contributed by atoms with Crippen molar-refractivity contribution in [1.82, 2.24) is 4.98 Å². The van der Waals surface area contributed by atoms with Gasteiger partial charge < -0.3 is 0 Å². The first-order chi connectivity index (χ1) is 6.02. The molecule has 0 aliphatic heterocycles. The van der Waals surface area contributed by atoms with Crippen molar-refractivity contribution in [3.8, 4) is 0 Å². The molecule has 1 rings (SSSR count). The Balaban J connectivity index is 3.19. The Labute approximate surface area is 72.4 Å². The molecule has 6 heteroatoms. The highest BCUT2D eigenvalue weighted by Gasteiger charge is 2.16. The summed E-state index contributed by atoms with van der Waals surface area (Å²) in [6.07, 6.45) is -1.77. The molecule has 0 unspecified atom stereocenters. The molecule has 0 N–H and O–H groups in total. The van der Waals surface area contributed by atoms with Gasteiger partial charge in [0.25, 0.3) is 12.1 Å². The average Bonchev–Trinajstić information content (AvgIpc) is 2.04. The summed E-state index contributed by atoms with van der Waals surface area (Å²) >= 11 is 0. The maximum atomic E-state index is 12.2. The largest absolute Gasteiger partial charge is 0.288 e. The van der Waals surface area contributed by atoms with Gasteiger partial charge >= 0.3 is 0 Å². The lowest BCUT2D eigenvalue weighted by Crippen LogP contribution is -1.96. The molecular weight excluding hydrogens is 182 g/mol. The quantitative estimate of drug-likeness (QED) is 0.528. The number of halogens is 2. The molecule has 0 aliphatic carbocycles. The molecule has 0 aromatic carbocycles. The van der Waals surface area contributed by atoms with Gasteiger partial charge in [-0.05, 0) is 6.92 Å². The van der Waals surface area contributed by atoms with Crippen LogP contribution in [0.25, 0.3) is 0 Å². The number of hydrogen-bond donors (Lipinski definition) is 0. The van der Waals surface area contributed by atoms with Gasteiger partial charge in [-0.1, -0.05) is 0 Å². The highest BCUT2D eigenvalue weighted by atomic mass is 19.3. The zero-order valence-corrected chi connectivity index (χ0v) is 6.70. The number of aryl methyl sites for hydroxylation is 1. The van der Waals surface area contributed by atoms with Gasteiger partial charge in [0, 0.05) is 17.3 Å². The van der Waals surface area contributed by atoms with E-state index in [2.05, 4.69) is 4.98 Å². The van der Waals surface area contributed by atoms with Crippen LogP contribution < -0.4 is 0 Å². The van der Waals surface area contributed by atoms with Crippen molar-refractivity contribution in [2.75, 3.05) is 0 Å². The van der Waals surface area contributed by atoms with Gasteiger partial charge in [-0.2, -0.15) is 0 Å². The van der Waals surface area contributed by atoms with E-state index in [0.29, 0.717) is 0 Å². The van der Waals surface area contributed by atoms with Gasteiger partial charge in [-0.25, -0.2) is 8.78 Å². The summed E-state index contributed by atoms with van der Waals surface area (Å²) in [5.74, 6) is 0. The van der Waals surface area contributed by atoms with Crippen LogP contribution in [0.4, 0.5) is 14.5 Å². The van der Waals surface area contributed by atoms with Gasteiger partial charge in [-0.3, -0.25) is 15.1 Å². The van der Waals surface area contributed by atoms with Crippen LogP contribution in [0.3, 0.4) is 0 Å². The minimum absolute atomic E-state index is 0.112. The van der Waals surface area contributed by atoms with Gasteiger partial charge in [0.1, 0.15) is 6.20 Å². The summed E-state index contributed by atoms with van der Waals surface area (Å²) in [5.41, 5.74) is -0.698. The zero-order chi connectivity index (χ0) is 10.0. The first-order valence-corrected chi connectivity index (χ1v) is 3.41. The Morgan fingerprint density at radius 2 is 2.23 bits per heavy atom. The topological polar surface area (TPSA) is 56.0 Å². The fraction of sp³-hybridized carbons (Fsp3) is 0.286. The summed E-state index contributed by atoms with van der Waals surface area (Å²) in [6, 6.07) is 0.840. The smallest absolute Gasteiger partial charge is 0.258 e. The number of nitrogens with zero attached hydrogens (tertiary/aromatic N) is 2. The fourth-order valence-electron chi connectivity index (χ4n) is 0.859. The van der Waals surface area contributed by atoms with Crippen molar-refractivity contribution >= 4 is 5.69 Å². The van der Waals surface area contributed by atoms with E-state index >= 15 is 0 Å². The molecule has 0 aliphatic rings. The van der Waals surface area contributed by atoms with Gasteiger partial charge in [0.05, 0.1) is 4.92 Å². The summed E-state index contributed by atoms with van der Waals surface area (Å²) in [5, 5.41) is 10.2. The summed E-state index contributed by atoms with van der Waals surface area (Å²) < 4.78 is 24.4. The normalized spacial score (nSPS) is 10.5. The first kappa shape index (κ1) is 9.50. The third-order valence-corrected chi connectivity index (χ3v) is 1.56. The predicted octanol–water partition coefficient (Wildman–Crippen LogP) is 2.24. The second kappa shape index (κ2) is 3.42. The van der Waals surface area contributed by atoms with E-state index in [0.717, 1.165) is 12.3 Å². The van der Waals surface area contributed by atoms with Crippen molar-refractivity contribution < 1.29 is 13.7 Å². The summed E-state index contributed by atoms with van der Waals surface area (Å²) in [4.78, 5) is 13.0. The average molecular weight is 188 g/mol. The monoisotopic (exact) mass is 188 g/mol. The number of rotatable bonds is 2. The zero-order valence-electron chi connectivity index (χ0n) is 6.70. The number of hydrogen-bond acceptors (Lipinski definition) is 3. The molecule has 0 saturated heterocycles. The van der Waals surface area contributed by atoms with E-state index in [4.69, 9.17) is 0 Å². The Morgan fingerprint density at radius 1 is 1.62 bits per heavy atom. The summed E-state index contributed by atoms with van der Waals surface area (Å²) in [6.45, 7) is 1.38. The van der Waals surface area contributed by atoms with Crippen LogP contribution in [0.1, 0.15) is 17.7 Å². The van der Waals surface area contributed by atoms with Crippen molar-refractivity contribution in [2.45, 2.75) is 13.3 Å². The molecule has 13 heavy (non-hydrogen) atoms. The van der Waals surface area contributed by atoms with Crippen molar-refractivity contribution in [3.63, 3.8) is 0 Å². The first-order valence-electron chi connectivity index (χ1n) is 3.41. The molecule has 0 bridgehead atoms. The van der Waals surface area contributed by atoms with E-state index in [-0.39, 0.29) is 5.69 Å². The highest BCUT2D eigenvalue weighted by molar-refractivity contribution is 5.34. The van der Waals surface area contributed by atoms with Gasteiger partial charge in [-0.15, -0.1) is 0 Å². The predicted molar refractivity (Wildman–Crippen MR) is 40.6 cm³/mol. The third kappa shape index (κ3) is 1.95. The number of aromatic nitrogens is 1. The van der Waals surface area contributed by atoms with Crippen LogP contribution in [-0.4, -0.2) is 9.91 Å². The molecule has 0 atom stereocenters. The molecule has 1 heterocycles. The molecule has 0 fully saturated rings. The minimum Gasteiger partial charge on any atom is -0.258 e. The van der Waals surface area contributed by atoms with E-state index < -0.39 is 22.6 Å². The SMILES string of the molecule is Cc1ncc([N+](=O)[O-])cc1C(F)F. The van der Waals surface area contributed by atoms with Crippen LogP contribution in [0.2, 0.25) is 0 Å². The van der Waals surface area contributed by atoms with Crippen molar-refractivity contribution in [2.24, 2.45) is 0 Å². The Hall–Kier alpha value is -1.59.